The van der Waals surface area contributed by atoms with Crippen LogP contribution < -0.4 is 5.32 Å². The van der Waals surface area contributed by atoms with Crippen LogP contribution in [-0.2, 0) is 11.3 Å². The second-order valence-corrected chi connectivity index (χ2v) is 3.43. The summed E-state index contributed by atoms with van der Waals surface area (Å²) in [5.74, 6) is 0. The van der Waals surface area contributed by atoms with E-state index in [0.717, 1.165) is 4.88 Å². The molecule has 0 radical (unpaired) electrons. The van der Waals surface area contributed by atoms with Crippen LogP contribution in [0.4, 0.5) is 4.79 Å². The molecule has 1 aromatic heterocycles. The lowest BCUT2D eigenvalue weighted by Gasteiger charge is -1.99. The number of methoxy groups -OCH3 is 1. The quantitative estimate of drug-likeness (QED) is 0.764. The van der Waals surface area contributed by atoms with E-state index < -0.39 is 0 Å². The molecular weight excluding hydrogens is 174 g/mol. The molecule has 0 aliphatic rings. The number of hydrogen-bond acceptors (Lipinski definition) is 3. The molecule has 0 fully saturated rings. The second-order valence-electron chi connectivity index (χ2n) is 2.44. The predicted molar refractivity (Wildman–Crippen MR) is 48.3 cm³/mol. The lowest BCUT2D eigenvalue weighted by Crippen LogP contribution is -2.21. The number of alkyl carbamates (subject to hydrolysis) is 1. The first-order chi connectivity index (χ1) is 5.72. The zero-order chi connectivity index (χ0) is 8.97. The second kappa shape index (κ2) is 4.11. The Morgan fingerprint density at radius 2 is 2.50 bits per heavy atom. The molecule has 12 heavy (non-hydrogen) atoms. The van der Waals surface area contributed by atoms with Gasteiger partial charge in [-0.1, -0.05) is 0 Å². The number of hydrogen-bond donors (Lipinski definition) is 1. The summed E-state index contributed by atoms with van der Waals surface area (Å²) >= 11 is 1.63. The van der Waals surface area contributed by atoms with E-state index in [2.05, 4.69) is 10.1 Å². The fourth-order valence-electron chi connectivity index (χ4n) is 0.815. The number of carbonyl (C=O) groups excluding carboxylic acids is 1. The van der Waals surface area contributed by atoms with Crippen molar-refractivity contribution in [2.45, 2.75) is 13.5 Å². The Balaban J connectivity index is 2.38. The third kappa shape index (κ3) is 2.54. The maximum atomic E-state index is 10.7. The number of aryl methyl sites for hydroxylation is 1. The van der Waals surface area contributed by atoms with Gasteiger partial charge in [0.05, 0.1) is 13.7 Å². The summed E-state index contributed by atoms with van der Waals surface area (Å²) in [7, 11) is 1.36. The van der Waals surface area contributed by atoms with Crippen LogP contribution >= 0.6 is 11.3 Å². The average Bonchev–Trinajstić information content (AvgIpc) is 2.47. The van der Waals surface area contributed by atoms with Crippen molar-refractivity contribution in [2.24, 2.45) is 0 Å². The Labute approximate surface area is 75.4 Å². The van der Waals surface area contributed by atoms with E-state index >= 15 is 0 Å². The van der Waals surface area contributed by atoms with Crippen LogP contribution in [0.25, 0.3) is 0 Å². The van der Waals surface area contributed by atoms with E-state index in [1.807, 2.05) is 18.4 Å². The maximum absolute atomic E-state index is 10.7. The predicted octanol–water partition coefficient (Wildman–Crippen LogP) is 1.91. The highest BCUT2D eigenvalue weighted by atomic mass is 32.1. The van der Waals surface area contributed by atoms with Gasteiger partial charge in [-0.3, -0.25) is 0 Å². The van der Waals surface area contributed by atoms with Crippen molar-refractivity contribution in [3.63, 3.8) is 0 Å². The number of ether oxygens (including phenoxy) is 1. The van der Waals surface area contributed by atoms with Crippen LogP contribution in [0.15, 0.2) is 11.4 Å². The topological polar surface area (TPSA) is 38.3 Å². The van der Waals surface area contributed by atoms with Gasteiger partial charge >= 0.3 is 6.09 Å². The molecule has 0 spiro atoms. The number of carbonyl (C=O) groups is 1. The highest BCUT2D eigenvalue weighted by Crippen LogP contribution is 2.12. The normalized spacial score (nSPS) is 9.50. The number of amides is 1. The van der Waals surface area contributed by atoms with E-state index in [-0.39, 0.29) is 6.09 Å². The molecule has 66 valence electrons. The van der Waals surface area contributed by atoms with Crippen LogP contribution in [0, 0.1) is 6.92 Å². The van der Waals surface area contributed by atoms with Gasteiger partial charge in [0.1, 0.15) is 0 Å². The van der Waals surface area contributed by atoms with Crippen molar-refractivity contribution < 1.29 is 9.53 Å². The van der Waals surface area contributed by atoms with Crippen LogP contribution in [0.3, 0.4) is 0 Å². The van der Waals surface area contributed by atoms with Crippen LogP contribution in [0.5, 0.6) is 0 Å². The SMILES string of the molecule is COC(=O)NCc1cc(C)cs1. The Bertz CT molecular complexity index is 270. The van der Waals surface area contributed by atoms with Crippen molar-refractivity contribution in [2.75, 3.05) is 7.11 Å². The highest BCUT2D eigenvalue weighted by molar-refractivity contribution is 7.10. The number of thiophene rings is 1. The fourth-order valence-corrected chi connectivity index (χ4v) is 1.63. The van der Waals surface area contributed by atoms with Gasteiger partial charge in [0, 0.05) is 4.88 Å². The summed E-state index contributed by atoms with van der Waals surface area (Å²) in [5.41, 5.74) is 1.22. The van der Waals surface area contributed by atoms with Crippen LogP contribution in [0.2, 0.25) is 0 Å². The smallest absolute Gasteiger partial charge is 0.407 e. The molecule has 4 heteroatoms. The molecular formula is C8H11NO2S. The summed E-state index contributed by atoms with van der Waals surface area (Å²) in [6.07, 6.45) is -0.388. The Kier molecular flexibility index (Phi) is 3.10. The molecule has 0 aromatic carbocycles. The van der Waals surface area contributed by atoms with Gasteiger partial charge in [-0.05, 0) is 23.9 Å². The van der Waals surface area contributed by atoms with Crippen molar-refractivity contribution in [3.8, 4) is 0 Å². The molecule has 0 unspecified atom stereocenters. The Hall–Kier alpha value is -1.03. The zero-order valence-corrected chi connectivity index (χ0v) is 7.90. The average molecular weight is 185 g/mol. The van der Waals surface area contributed by atoms with Crippen LogP contribution in [0.1, 0.15) is 10.4 Å². The first kappa shape index (κ1) is 9.06. The van der Waals surface area contributed by atoms with E-state index in [9.17, 15) is 4.79 Å². The first-order valence-electron chi connectivity index (χ1n) is 3.58. The van der Waals surface area contributed by atoms with Gasteiger partial charge < -0.3 is 10.1 Å². The van der Waals surface area contributed by atoms with Crippen molar-refractivity contribution in [3.05, 3.63) is 21.9 Å². The third-order valence-electron chi connectivity index (χ3n) is 1.38. The molecule has 0 bridgehead atoms. The molecule has 0 atom stereocenters. The highest BCUT2D eigenvalue weighted by Gasteiger charge is 1.99. The standard InChI is InChI=1S/C8H11NO2S/c1-6-3-7(12-5-6)4-9-8(10)11-2/h3,5H,4H2,1-2H3,(H,9,10). The van der Waals surface area contributed by atoms with E-state index in [1.165, 1.54) is 12.7 Å². The van der Waals surface area contributed by atoms with Gasteiger partial charge in [0.2, 0.25) is 0 Å². The number of nitrogens with one attached hydrogen (secondary N) is 1. The van der Waals surface area contributed by atoms with Gasteiger partial charge in [0.15, 0.2) is 0 Å². The molecule has 1 amide bonds. The minimum Gasteiger partial charge on any atom is -0.453 e. The van der Waals surface area contributed by atoms with Gasteiger partial charge in [0.25, 0.3) is 0 Å². The molecule has 0 aliphatic heterocycles. The maximum Gasteiger partial charge on any atom is 0.407 e. The Morgan fingerprint density at radius 1 is 1.75 bits per heavy atom. The molecule has 1 heterocycles. The fraction of sp³-hybridized carbons (Fsp3) is 0.375. The summed E-state index contributed by atoms with van der Waals surface area (Å²) in [6, 6.07) is 2.04. The molecule has 0 aliphatic carbocycles. The zero-order valence-electron chi connectivity index (χ0n) is 7.09. The van der Waals surface area contributed by atoms with Crippen LogP contribution in [-0.4, -0.2) is 13.2 Å². The van der Waals surface area contributed by atoms with Gasteiger partial charge in [-0.15, -0.1) is 11.3 Å². The first-order valence-corrected chi connectivity index (χ1v) is 4.46. The summed E-state index contributed by atoms with van der Waals surface area (Å²) < 4.78 is 4.43. The largest absolute Gasteiger partial charge is 0.453 e. The summed E-state index contributed by atoms with van der Waals surface area (Å²) in [5, 5.41) is 4.66. The minimum absolute atomic E-state index is 0.388. The molecule has 1 aromatic rings. The van der Waals surface area contributed by atoms with Crippen molar-refractivity contribution >= 4 is 17.4 Å². The Morgan fingerprint density at radius 3 is 3.00 bits per heavy atom. The molecule has 0 saturated carbocycles. The number of rotatable bonds is 2. The monoisotopic (exact) mass is 185 g/mol. The summed E-state index contributed by atoms with van der Waals surface area (Å²) in [6.45, 7) is 2.57. The van der Waals surface area contributed by atoms with Crippen molar-refractivity contribution in [1.29, 1.82) is 0 Å². The minimum atomic E-state index is -0.388. The lowest BCUT2D eigenvalue weighted by atomic mass is 10.3. The molecule has 0 saturated heterocycles. The van der Waals surface area contributed by atoms with Gasteiger partial charge in [-0.25, -0.2) is 4.79 Å². The molecule has 1 N–H and O–H groups in total. The van der Waals surface area contributed by atoms with Crippen molar-refractivity contribution in [1.82, 2.24) is 5.32 Å². The van der Waals surface area contributed by atoms with E-state index in [1.54, 1.807) is 11.3 Å². The third-order valence-corrected chi connectivity index (χ3v) is 2.43. The summed E-state index contributed by atoms with van der Waals surface area (Å²) in [4.78, 5) is 11.8. The van der Waals surface area contributed by atoms with E-state index in [4.69, 9.17) is 0 Å². The van der Waals surface area contributed by atoms with Gasteiger partial charge in [-0.2, -0.15) is 0 Å². The molecule has 3 nitrogen and oxygen atoms in total. The van der Waals surface area contributed by atoms with E-state index in [0.29, 0.717) is 6.54 Å². The molecule has 1 rings (SSSR count). The lowest BCUT2D eigenvalue weighted by molar-refractivity contribution is 0.170.